The summed E-state index contributed by atoms with van der Waals surface area (Å²) in [5.74, 6) is 0.409. The van der Waals surface area contributed by atoms with Crippen molar-refractivity contribution in [2.24, 2.45) is 0 Å². The largest absolute Gasteiger partial charge is 0.342 e. The summed E-state index contributed by atoms with van der Waals surface area (Å²) in [4.78, 5) is 20.3. The van der Waals surface area contributed by atoms with Crippen LogP contribution in [0.3, 0.4) is 0 Å². The van der Waals surface area contributed by atoms with Gasteiger partial charge in [-0.3, -0.25) is 4.79 Å². The second-order valence-corrected chi connectivity index (χ2v) is 6.69. The van der Waals surface area contributed by atoms with Crippen molar-refractivity contribution < 1.29 is 13.2 Å². The SMILES string of the molecule is CCn1ccnc1C(C)NC(=O)c1ccc(S(=O)(=O)NC)nc1. The van der Waals surface area contributed by atoms with E-state index in [1.165, 1.54) is 25.4 Å². The van der Waals surface area contributed by atoms with Crippen molar-refractivity contribution in [1.82, 2.24) is 24.6 Å². The topological polar surface area (TPSA) is 106 Å². The maximum absolute atomic E-state index is 12.2. The van der Waals surface area contributed by atoms with Gasteiger partial charge in [0.05, 0.1) is 11.6 Å². The molecule has 0 aliphatic carbocycles. The summed E-state index contributed by atoms with van der Waals surface area (Å²) in [6.45, 7) is 4.58. The van der Waals surface area contributed by atoms with Gasteiger partial charge in [-0.15, -0.1) is 0 Å². The number of aromatic nitrogens is 3. The highest BCUT2D eigenvalue weighted by molar-refractivity contribution is 7.89. The Kier molecular flexibility index (Phi) is 5.12. The molecule has 23 heavy (non-hydrogen) atoms. The van der Waals surface area contributed by atoms with E-state index >= 15 is 0 Å². The Labute approximate surface area is 135 Å². The quantitative estimate of drug-likeness (QED) is 0.807. The van der Waals surface area contributed by atoms with Crippen LogP contribution in [-0.2, 0) is 16.6 Å². The average Bonchev–Trinajstić information content (AvgIpc) is 3.03. The lowest BCUT2D eigenvalue weighted by molar-refractivity contribution is 0.0937. The first-order chi connectivity index (χ1) is 10.9. The molecule has 2 rings (SSSR count). The van der Waals surface area contributed by atoms with E-state index in [9.17, 15) is 13.2 Å². The van der Waals surface area contributed by atoms with E-state index in [0.29, 0.717) is 0 Å². The number of aryl methyl sites for hydroxylation is 1. The van der Waals surface area contributed by atoms with E-state index < -0.39 is 10.0 Å². The summed E-state index contributed by atoms with van der Waals surface area (Å²) in [5.41, 5.74) is 0.279. The Morgan fingerprint density at radius 3 is 2.65 bits per heavy atom. The van der Waals surface area contributed by atoms with Crippen molar-refractivity contribution in [3.63, 3.8) is 0 Å². The van der Waals surface area contributed by atoms with Gasteiger partial charge in [-0.2, -0.15) is 0 Å². The van der Waals surface area contributed by atoms with Gasteiger partial charge in [0.2, 0.25) is 0 Å². The molecule has 1 amide bonds. The van der Waals surface area contributed by atoms with Crippen LogP contribution in [0.4, 0.5) is 0 Å². The zero-order valence-corrected chi connectivity index (χ0v) is 14.0. The first kappa shape index (κ1) is 17.1. The molecule has 2 N–H and O–H groups in total. The molecule has 9 heteroatoms. The zero-order chi connectivity index (χ0) is 17.0. The smallest absolute Gasteiger partial charge is 0.257 e. The highest BCUT2D eigenvalue weighted by Crippen LogP contribution is 2.12. The molecule has 0 aromatic carbocycles. The third-order valence-electron chi connectivity index (χ3n) is 3.37. The Balaban J connectivity index is 2.12. The minimum atomic E-state index is -3.61. The Bertz CT molecular complexity index is 783. The lowest BCUT2D eigenvalue weighted by Gasteiger charge is -2.15. The predicted octanol–water partition coefficient (Wildman–Crippen LogP) is 0.697. The fourth-order valence-corrected chi connectivity index (χ4v) is 2.74. The first-order valence-corrected chi connectivity index (χ1v) is 8.59. The van der Waals surface area contributed by atoms with E-state index in [1.54, 1.807) is 6.20 Å². The lowest BCUT2D eigenvalue weighted by atomic mass is 10.2. The van der Waals surface area contributed by atoms with Crippen LogP contribution in [0.2, 0.25) is 0 Å². The molecule has 2 aromatic heterocycles. The molecule has 2 heterocycles. The van der Waals surface area contributed by atoms with Gasteiger partial charge in [-0.1, -0.05) is 0 Å². The van der Waals surface area contributed by atoms with Crippen LogP contribution in [0.1, 0.15) is 36.1 Å². The first-order valence-electron chi connectivity index (χ1n) is 7.10. The van der Waals surface area contributed by atoms with Crippen LogP contribution in [0, 0.1) is 0 Å². The summed E-state index contributed by atoms with van der Waals surface area (Å²) in [6, 6.07) is 2.43. The molecule has 0 aliphatic rings. The van der Waals surface area contributed by atoms with Gasteiger partial charge < -0.3 is 9.88 Å². The van der Waals surface area contributed by atoms with Crippen molar-refractivity contribution in [2.45, 2.75) is 31.5 Å². The molecule has 0 saturated carbocycles. The molecule has 124 valence electrons. The van der Waals surface area contributed by atoms with Gasteiger partial charge >= 0.3 is 0 Å². The number of amides is 1. The van der Waals surface area contributed by atoms with Crippen LogP contribution in [0.5, 0.6) is 0 Å². The molecular weight excluding hydrogens is 318 g/mol. The maximum Gasteiger partial charge on any atom is 0.257 e. The van der Waals surface area contributed by atoms with Crippen LogP contribution < -0.4 is 10.0 Å². The standard InChI is InChI=1S/C14H19N5O3S/c1-4-19-8-7-16-13(19)10(2)18-14(20)11-5-6-12(17-9-11)23(21,22)15-3/h5-10,15H,4H2,1-3H3,(H,18,20). The normalized spacial score (nSPS) is 12.8. The molecule has 1 atom stereocenters. The second-order valence-electron chi connectivity index (χ2n) is 4.86. The van der Waals surface area contributed by atoms with Crippen molar-refractivity contribution in [3.05, 3.63) is 42.1 Å². The molecule has 0 fully saturated rings. The van der Waals surface area contributed by atoms with Crippen molar-refractivity contribution >= 4 is 15.9 Å². The molecule has 0 bridgehead atoms. The highest BCUT2D eigenvalue weighted by atomic mass is 32.2. The fraction of sp³-hybridized carbons (Fsp3) is 0.357. The van der Waals surface area contributed by atoms with E-state index in [1.807, 2.05) is 24.6 Å². The van der Waals surface area contributed by atoms with Gasteiger partial charge in [0.1, 0.15) is 5.82 Å². The number of nitrogens with zero attached hydrogens (tertiary/aromatic N) is 3. The van der Waals surface area contributed by atoms with Crippen LogP contribution in [0.15, 0.2) is 35.7 Å². The molecule has 2 aromatic rings. The van der Waals surface area contributed by atoms with Gasteiger partial charge in [0.25, 0.3) is 15.9 Å². The summed E-state index contributed by atoms with van der Waals surface area (Å²) in [6.07, 6.45) is 4.76. The molecule has 1 unspecified atom stereocenters. The average molecular weight is 337 g/mol. The Hall–Kier alpha value is -2.26. The Morgan fingerprint density at radius 2 is 2.09 bits per heavy atom. The zero-order valence-electron chi connectivity index (χ0n) is 13.1. The second kappa shape index (κ2) is 6.88. The number of carbonyl (C=O) groups is 1. The number of nitrogens with one attached hydrogen (secondary N) is 2. The number of imidazole rings is 1. The van der Waals surface area contributed by atoms with Gasteiger partial charge in [-0.05, 0) is 33.0 Å². The van der Waals surface area contributed by atoms with Crippen molar-refractivity contribution in [1.29, 1.82) is 0 Å². The lowest BCUT2D eigenvalue weighted by Crippen LogP contribution is -2.29. The van der Waals surface area contributed by atoms with Gasteiger partial charge in [0.15, 0.2) is 5.03 Å². The number of pyridine rings is 1. The van der Waals surface area contributed by atoms with Crippen LogP contribution in [-0.4, -0.2) is 35.9 Å². The Morgan fingerprint density at radius 1 is 1.35 bits per heavy atom. The van der Waals surface area contributed by atoms with E-state index in [-0.39, 0.29) is 22.5 Å². The number of carbonyl (C=O) groups excluding carboxylic acids is 1. The molecule has 8 nitrogen and oxygen atoms in total. The number of sulfonamides is 1. The number of hydrogen-bond donors (Lipinski definition) is 2. The van der Waals surface area contributed by atoms with Gasteiger partial charge in [-0.25, -0.2) is 23.1 Å². The predicted molar refractivity (Wildman–Crippen MR) is 84.3 cm³/mol. The minimum absolute atomic E-state index is 0.133. The van der Waals surface area contributed by atoms with Crippen molar-refractivity contribution in [2.75, 3.05) is 7.05 Å². The summed E-state index contributed by atoms with van der Waals surface area (Å²) in [7, 11) is -2.31. The summed E-state index contributed by atoms with van der Waals surface area (Å²) in [5, 5.41) is 2.68. The molecular formula is C14H19N5O3S. The van der Waals surface area contributed by atoms with E-state index in [4.69, 9.17) is 0 Å². The highest BCUT2D eigenvalue weighted by Gasteiger charge is 2.17. The van der Waals surface area contributed by atoms with E-state index in [0.717, 1.165) is 12.4 Å². The fourth-order valence-electron chi connectivity index (χ4n) is 2.09. The van der Waals surface area contributed by atoms with Crippen LogP contribution in [0.25, 0.3) is 0 Å². The van der Waals surface area contributed by atoms with Crippen molar-refractivity contribution in [3.8, 4) is 0 Å². The monoisotopic (exact) mass is 337 g/mol. The summed E-state index contributed by atoms with van der Waals surface area (Å²) >= 11 is 0. The number of hydrogen-bond acceptors (Lipinski definition) is 5. The molecule has 0 spiro atoms. The van der Waals surface area contributed by atoms with E-state index in [2.05, 4.69) is 20.0 Å². The third-order valence-corrected chi connectivity index (χ3v) is 4.70. The molecule has 0 radical (unpaired) electrons. The molecule has 0 aliphatic heterocycles. The van der Waals surface area contributed by atoms with Crippen LogP contribution >= 0.6 is 0 Å². The number of rotatable bonds is 6. The third kappa shape index (κ3) is 3.74. The van der Waals surface area contributed by atoms with Gasteiger partial charge in [0, 0.05) is 25.1 Å². The summed E-state index contributed by atoms with van der Waals surface area (Å²) < 4.78 is 27.3. The maximum atomic E-state index is 12.2. The molecule has 0 saturated heterocycles. The minimum Gasteiger partial charge on any atom is -0.342 e.